The Morgan fingerprint density at radius 2 is 1.95 bits per heavy atom. The quantitative estimate of drug-likeness (QED) is 0.848. The molecule has 122 valence electrons. The molecular formula is C18H28N2OS. The van der Waals surface area contributed by atoms with E-state index in [1.807, 2.05) is 31.7 Å². The third-order valence-corrected chi connectivity index (χ3v) is 5.84. The summed E-state index contributed by atoms with van der Waals surface area (Å²) in [4.78, 5) is 13.4. The van der Waals surface area contributed by atoms with Gasteiger partial charge in [0.05, 0.1) is 5.92 Å². The fourth-order valence-corrected chi connectivity index (χ4v) is 4.06. The highest BCUT2D eigenvalue weighted by Gasteiger charge is 2.18. The molecule has 0 bridgehead atoms. The third-order valence-electron chi connectivity index (χ3n) is 4.51. The van der Waals surface area contributed by atoms with Crippen LogP contribution in [0.1, 0.15) is 51.5 Å². The fourth-order valence-electron chi connectivity index (χ4n) is 2.71. The highest BCUT2D eigenvalue weighted by atomic mass is 32.2. The van der Waals surface area contributed by atoms with Gasteiger partial charge in [0.1, 0.15) is 0 Å². The van der Waals surface area contributed by atoms with Crippen molar-refractivity contribution in [1.82, 2.24) is 0 Å². The van der Waals surface area contributed by atoms with Crippen LogP contribution < -0.4 is 11.1 Å². The Balaban J connectivity index is 1.98. The maximum absolute atomic E-state index is 12.1. The summed E-state index contributed by atoms with van der Waals surface area (Å²) in [5, 5.41) is 3.75. The zero-order chi connectivity index (χ0) is 16.1. The smallest absolute Gasteiger partial charge is 0.228 e. The lowest BCUT2D eigenvalue weighted by Crippen LogP contribution is -2.34. The second kappa shape index (κ2) is 8.02. The molecule has 1 fully saturated rings. The molecule has 1 aliphatic rings. The number of carbonyl (C=O) groups excluding carboxylic acids is 1. The second-order valence-electron chi connectivity index (χ2n) is 6.49. The van der Waals surface area contributed by atoms with E-state index in [0.29, 0.717) is 0 Å². The largest absolute Gasteiger partial charge is 0.327 e. The number of nitrogens with two attached hydrogens (primary N) is 1. The normalized spacial score (nSPS) is 18.7. The molecule has 0 aliphatic heterocycles. The summed E-state index contributed by atoms with van der Waals surface area (Å²) in [6, 6.07) is 6.19. The van der Waals surface area contributed by atoms with E-state index in [1.165, 1.54) is 37.0 Å². The molecule has 2 atom stereocenters. The van der Waals surface area contributed by atoms with Crippen LogP contribution in [-0.4, -0.2) is 17.2 Å². The predicted molar refractivity (Wildman–Crippen MR) is 95.4 cm³/mol. The van der Waals surface area contributed by atoms with Crippen molar-refractivity contribution >= 4 is 23.4 Å². The summed E-state index contributed by atoms with van der Waals surface area (Å²) >= 11 is 1.98. The van der Waals surface area contributed by atoms with Gasteiger partial charge in [-0.15, -0.1) is 11.8 Å². The molecule has 2 rings (SSSR count). The number of carbonyl (C=O) groups is 1. The molecule has 1 saturated carbocycles. The van der Waals surface area contributed by atoms with Gasteiger partial charge in [-0.3, -0.25) is 4.79 Å². The van der Waals surface area contributed by atoms with Crippen molar-refractivity contribution in [2.24, 2.45) is 11.7 Å². The first-order valence-corrected chi connectivity index (χ1v) is 9.19. The van der Waals surface area contributed by atoms with Gasteiger partial charge < -0.3 is 11.1 Å². The Kier molecular flexibility index (Phi) is 6.33. The summed E-state index contributed by atoms with van der Waals surface area (Å²) in [6.07, 6.45) is 6.76. The number of aryl methyl sites for hydroxylation is 1. The highest BCUT2D eigenvalue weighted by Crippen LogP contribution is 2.34. The van der Waals surface area contributed by atoms with Crippen molar-refractivity contribution in [1.29, 1.82) is 0 Å². The average molecular weight is 321 g/mol. The molecule has 0 aromatic heterocycles. The number of hydrogen-bond acceptors (Lipinski definition) is 3. The minimum Gasteiger partial charge on any atom is -0.327 e. The van der Waals surface area contributed by atoms with Crippen molar-refractivity contribution in [3.63, 3.8) is 0 Å². The van der Waals surface area contributed by atoms with Gasteiger partial charge in [0.15, 0.2) is 0 Å². The molecule has 3 N–H and O–H groups in total. The standard InChI is InChI=1S/C18H28N2OS/c1-12-11-16(22-15-7-5-4-6-8-15)9-10-17(12)20-18(21)13(2)14(3)19/h9-11,13-15H,4-8,19H2,1-3H3,(H,20,21). The van der Waals surface area contributed by atoms with Gasteiger partial charge in [-0.1, -0.05) is 26.2 Å². The number of benzene rings is 1. The van der Waals surface area contributed by atoms with E-state index in [0.717, 1.165) is 16.5 Å². The molecule has 1 aromatic carbocycles. The molecule has 0 heterocycles. The van der Waals surface area contributed by atoms with Gasteiger partial charge in [-0.05, 0) is 50.5 Å². The Hall–Kier alpha value is -1.00. The van der Waals surface area contributed by atoms with Crippen molar-refractivity contribution in [3.05, 3.63) is 23.8 Å². The Morgan fingerprint density at radius 3 is 2.55 bits per heavy atom. The Labute approximate surface area is 138 Å². The molecule has 2 unspecified atom stereocenters. The van der Waals surface area contributed by atoms with Crippen molar-refractivity contribution in [2.75, 3.05) is 5.32 Å². The van der Waals surface area contributed by atoms with Crippen LogP contribution in [0.15, 0.2) is 23.1 Å². The van der Waals surface area contributed by atoms with Crippen molar-refractivity contribution in [2.45, 2.75) is 69.1 Å². The van der Waals surface area contributed by atoms with Gasteiger partial charge in [-0.2, -0.15) is 0 Å². The van der Waals surface area contributed by atoms with E-state index in [2.05, 4.69) is 24.4 Å². The van der Waals surface area contributed by atoms with Crippen molar-refractivity contribution in [3.8, 4) is 0 Å². The van der Waals surface area contributed by atoms with Crippen LogP contribution in [0.5, 0.6) is 0 Å². The number of hydrogen-bond donors (Lipinski definition) is 2. The van der Waals surface area contributed by atoms with Gasteiger partial charge in [0.2, 0.25) is 5.91 Å². The summed E-state index contributed by atoms with van der Waals surface area (Å²) < 4.78 is 0. The van der Waals surface area contributed by atoms with E-state index < -0.39 is 0 Å². The summed E-state index contributed by atoms with van der Waals surface area (Å²) in [7, 11) is 0. The first kappa shape index (κ1) is 17.4. The molecule has 3 nitrogen and oxygen atoms in total. The number of rotatable bonds is 5. The molecule has 0 spiro atoms. The first-order valence-electron chi connectivity index (χ1n) is 8.31. The van der Waals surface area contributed by atoms with Gasteiger partial charge in [0.25, 0.3) is 0 Å². The molecule has 1 aromatic rings. The van der Waals surface area contributed by atoms with Gasteiger partial charge >= 0.3 is 0 Å². The Bertz CT molecular complexity index is 510. The third kappa shape index (κ3) is 4.75. The van der Waals surface area contributed by atoms with Crippen molar-refractivity contribution < 1.29 is 4.79 Å². The van der Waals surface area contributed by atoms with Gasteiger partial charge in [0, 0.05) is 21.9 Å². The lowest BCUT2D eigenvalue weighted by molar-refractivity contribution is -0.119. The molecule has 0 saturated heterocycles. The molecular weight excluding hydrogens is 292 g/mol. The lowest BCUT2D eigenvalue weighted by atomic mass is 10.0. The maximum atomic E-state index is 12.1. The van der Waals surface area contributed by atoms with E-state index in [1.54, 1.807) is 0 Å². The maximum Gasteiger partial charge on any atom is 0.228 e. The molecule has 1 aliphatic carbocycles. The van der Waals surface area contributed by atoms with E-state index in [-0.39, 0.29) is 17.9 Å². The molecule has 4 heteroatoms. The van der Waals surface area contributed by atoms with Crippen LogP contribution in [-0.2, 0) is 4.79 Å². The van der Waals surface area contributed by atoms with Gasteiger partial charge in [-0.25, -0.2) is 0 Å². The molecule has 22 heavy (non-hydrogen) atoms. The minimum absolute atomic E-state index is 0.00853. The molecule has 0 radical (unpaired) electrons. The number of thioether (sulfide) groups is 1. The average Bonchev–Trinajstić information content (AvgIpc) is 2.50. The minimum atomic E-state index is -0.185. The highest BCUT2D eigenvalue weighted by molar-refractivity contribution is 8.00. The summed E-state index contributed by atoms with van der Waals surface area (Å²) in [5.74, 6) is -0.193. The Morgan fingerprint density at radius 1 is 1.27 bits per heavy atom. The van der Waals surface area contributed by atoms with Crippen LogP contribution in [0.4, 0.5) is 5.69 Å². The number of nitrogens with one attached hydrogen (secondary N) is 1. The van der Waals surface area contributed by atoms with Crippen LogP contribution in [0.2, 0.25) is 0 Å². The summed E-state index contributed by atoms with van der Waals surface area (Å²) in [5.41, 5.74) is 7.80. The van der Waals surface area contributed by atoms with E-state index in [4.69, 9.17) is 5.73 Å². The topological polar surface area (TPSA) is 55.1 Å². The second-order valence-corrected chi connectivity index (χ2v) is 7.87. The zero-order valence-corrected chi connectivity index (χ0v) is 14.7. The predicted octanol–water partition coefficient (Wildman–Crippen LogP) is 4.34. The fraction of sp³-hybridized carbons (Fsp3) is 0.611. The first-order chi connectivity index (χ1) is 10.5. The van der Waals surface area contributed by atoms with Crippen LogP contribution in [0.25, 0.3) is 0 Å². The van der Waals surface area contributed by atoms with E-state index >= 15 is 0 Å². The van der Waals surface area contributed by atoms with Crippen LogP contribution in [0.3, 0.4) is 0 Å². The van der Waals surface area contributed by atoms with E-state index in [9.17, 15) is 4.79 Å². The van der Waals surface area contributed by atoms with Crippen LogP contribution in [0, 0.1) is 12.8 Å². The summed E-state index contributed by atoms with van der Waals surface area (Å²) in [6.45, 7) is 5.78. The SMILES string of the molecule is Cc1cc(SC2CCCCC2)ccc1NC(=O)C(C)C(C)N. The lowest BCUT2D eigenvalue weighted by Gasteiger charge is -2.21. The van der Waals surface area contributed by atoms with Crippen LogP contribution >= 0.6 is 11.8 Å². The molecule has 1 amide bonds. The number of amides is 1. The monoisotopic (exact) mass is 320 g/mol. The zero-order valence-electron chi connectivity index (χ0n) is 13.9. The number of anilines is 1.